The van der Waals surface area contributed by atoms with Crippen LogP contribution in [0, 0.1) is 0 Å². The van der Waals surface area contributed by atoms with Gasteiger partial charge in [0.25, 0.3) is 0 Å². The predicted octanol–water partition coefficient (Wildman–Crippen LogP) is 13.8. The second-order valence-electron chi connectivity index (χ2n) is 14.3. The van der Waals surface area contributed by atoms with E-state index in [1.54, 1.807) is 0 Å². The van der Waals surface area contributed by atoms with Crippen LogP contribution in [0.3, 0.4) is 0 Å². The number of benzene rings is 8. The fraction of sp³-hybridized carbons (Fsp3) is 0. The average molecular weight is 741 g/mol. The molecule has 0 amide bonds. The van der Waals surface area contributed by atoms with Crippen molar-refractivity contribution in [1.82, 2.24) is 19.9 Å². The van der Waals surface area contributed by atoms with Crippen molar-refractivity contribution in [2.24, 2.45) is 0 Å². The molecule has 10 aromatic rings. The molecule has 0 saturated heterocycles. The van der Waals surface area contributed by atoms with Crippen molar-refractivity contribution in [1.29, 1.82) is 0 Å². The summed E-state index contributed by atoms with van der Waals surface area (Å²) in [5.41, 5.74) is 14.3. The van der Waals surface area contributed by atoms with Gasteiger partial charge in [0, 0.05) is 33.4 Å². The Morgan fingerprint density at radius 2 is 0.603 bits per heavy atom. The Morgan fingerprint density at radius 1 is 0.224 bits per heavy atom. The van der Waals surface area contributed by atoms with E-state index in [9.17, 15) is 0 Å². The van der Waals surface area contributed by atoms with Crippen LogP contribution in [-0.2, 0) is 0 Å². The third-order valence-corrected chi connectivity index (χ3v) is 10.5. The largest absolute Gasteiger partial charge is 0.228 e. The summed E-state index contributed by atoms with van der Waals surface area (Å²) in [6.45, 7) is 0. The Bertz CT molecular complexity index is 2920. The Labute approximate surface area is 337 Å². The smallest absolute Gasteiger partial charge is 0.160 e. The van der Waals surface area contributed by atoms with E-state index < -0.39 is 0 Å². The summed E-state index contributed by atoms with van der Waals surface area (Å²) < 4.78 is 0. The van der Waals surface area contributed by atoms with Crippen LogP contribution in [0.25, 0.3) is 101 Å². The van der Waals surface area contributed by atoms with Crippen LogP contribution < -0.4 is 0 Å². The highest BCUT2D eigenvalue weighted by molar-refractivity contribution is 5.99. The lowest BCUT2D eigenvalue weighted by Crippen LogP contribution is -1.96. The van der Waals surface area contributed by atoms with E-state index in [1.165, 1.54) is 16.3 Å². The molecule has 0 atom stereocenters. The lowest BCUT2D eigenvalue weighted by atomic mass is 9.93. The highest BCUT2D eigenvalue weighted by atomic mass is 14.9. The van der Waals surface area contributed by atoms with Gasteiger partial charge in [0.1, 0.15) is 0 Å². The number of nitrogens with zero attached hydrogens (tertiary/aromatic N) is 4. The molecule has 10 rings (SSSR count). The standard InChI is InChI=1S/C54H36N4/c1-5-16-37(17-6-1)49-35-51(57-53(55-49)39-20-9-3-10-21-39)45-27-13-24-41(33-45)42-30-31-48-43(32-42)26-15-29-47(48)44-25-14-28-46(34-44)52-36-50(38-18-7-2-8-19-38)56-54(58-52)40-22-11-4-12-23-40/h1-36H. The fourth-order valence-corrected chi connectivity index (χ4v) is 7.56. The van der Waals surface area contributed by atoms with E-state index in [0.29, 0.717) is 11.6 Å². The molecule has 2 aromatic heterocycles. The second-order valence-corrected chi connectivity index (χ2v) is 14.3. The van der Waals surface area contributed by atoms with Crippen molar-refractivity contribution >= 4 is 10.8 Å². The van der Waals surface area contributed by atoms with Gasteiger partial charge >= 0.3 is 0 Å². The van der Waals surface area contributed by atoms with Gasteiger partial charge in [0.05, 0.1) is 22.8 Å². The predicted molar refractivity (Wildman–Crippen MR) is 239 cm³/mol. The van der Waals surface area contributed by atoms with Gasteiger partial charge in [-0.25, -0.2) is 19.9 Å². The van der Waals surface area contributed by atoms with Crippen LogP contribution in [0.5, 0.6) is 0 Å². The number of hydrogen-bond acceptors (Lipinski definition) is 4. The summed E-state index contributed by atoms with van der Waals surface area (Å²) in [6.07, 6.45) is 0. The monoisotopic (exact) mass is 740 g/mol. The zero-order valence-corrected chi connectivity index (χ0v) is 31.6. The van der Waals surface area contributed by atoms with Gasteiger partial charge in [-0.05, 0) is 63.4 Å². The first kappa shape index (κ1) is 34.7. The maximum atomic E-state index is 5.09. The molecular weight excluding hydrogens is 705 g/mol. The van der Waals surface area contributed by atoms with Gasteiger partial charge in [0.15, 0.2) is 11.6 Å². The van der Waals surface area contributed by atoms with Crippen LogP contribution in [-0.4, -0.2) is 19.9 Å². The molecule has 0 fully saturated rings. The molecule has 2 heterocycles. The van der Waals surface area contributed by atoms with Crippen LogP contribution in [0.2, 0.25) is 0 Å². The number of hydrogen-bond donors (Lipinski definition) is 0. The average Bonchev–Trinajstić information content (AvgIpc) is 3.32. The zero-order chi connectivity index (χ0) is 38.7. The molecule has 0 unspecified atom stereocenters. The molecule has 0 aliphatic rings. The second kappa shape index (κ2) is 15.4. The molecule has 4 nitrogen and oxygen atoms in total. The van der Waals surface area contributed by atoms with E-state index >= 15 is 0 Å². The fourth-order valence-electron chi connectivity index (χ4n) is 7.56. The van der Waals surface area contributed by atoms with E-state index in [-0.39, 0.29) is 0 Å². The minimum atomic E-state index is 0.706. The minimum Gasteiger partial charge on any atom is -0.228 e. The van der Waals surface area contributed by atoms with Crippen molar-refractivity contribution in [2.75, 3.05) is 0 Å². The van der Waals surface area contributed by atoms with Crippen molar-refractivity contribution < 1.29 is 0 Å². The Balaban J connectivity index is 1.01. The van der Waals surface area contributed by atoms with Gasteiger partial charge in [-0.15, -0.1) is 0 Å². The van der Waals surface area contributed by atoms with Crippen molar-refractivity contribution in [3.8, 4) is 90.1 Å². The molecule has 0 bridgehead atoms. The van der Waals surface area contributed by atoms with Gasteiger partial charge < -0.3 is 0 Å². The lowest BCUT2D eigenvalue weighted by Gasteiger charge is -2.13. The first-order valence-corrected chi connectivity index (χ1v) is 19.5. The first-order valence-electron chi connectivity index (χ1n) is 19.5. The van der Waals surface area contributed by atoms with Crippen molar-refractivity contribution in [3.05, 3.63) is 218 Å². The van der Waals surface area contributed by atoms with Gasteiger partial charge in [-0.2, -0.15) is 0 Å². The molecule has 272 valence electrons. The summed E-state index contributed by atoms with van der Waals surface area (Å²) in [4.78, 5) is 20.1. The molecule has 0 aliphatic carbocycles. The Kier molecular flexibility index (Phi) is 9.18. The van der Waals surface area contributed by atoms with Crippen molar-refractivity contribution in [3.63, 3.8) is 0 Å². The van der Waals surface area contributed by atoms with Crippen LogP contribution in [0.1, 0.15) is 0 Å². The maximum absolute atomic E-state index is 5.09. The third-order valence-electron chi connectivity index (χ3n) is 10.5. The van der Waals surface area contributed by atoms with Gasteiger partial charge in [-0.1, -0.05) is 188 Å². The van der Waals surface area contributed by atoms with Gasteiger partial charge in [-0.3, -0.25) is 0 Å². The van der Waals surface area contributed by atoms with E-state index in [0.717, 1.165) is 72.8 Å². The quantitative estimate of drug-likeness (QED) is 0.156. The Morgan fingerprint density at radius 3 is 1.12 bits per heavy atom. The topological polar surface area (TPSA) is 51.6 Å². The molecular formula is C54H36N4. The number of fused-ring (bicyclic) bond motifs is 1. The minimum absolute atomic E-state index is 0.706. The lowest BCUT2D eigenvalue weighted by molar-refractivity contribution is 1.18. The molecule has 8 aromatic carbocycles. The number of aromatic nitrogens is 4. The molecule has 58 heavy (non-hydrogen) atoms. The summed E-state index contributed by atoms with van der Waals surface area (Å²) in [5, 5.41) is 2.36. The van der Waals surface area contributed by atoms with E-state index in [1.807, 2.05) is 72.8 Å². The molecule has 0 saturated carbocycles. The van der Waals surface area contributed by atoms with Gasteiger partial charge in [0.2, 0.25) is 0 Å². The highest BCUT2D eigenvalue weighted by Gasteiger charge is 2.14. The first-order chi connectivity index (χ1) is 28.7. The third kappa shape index (κ3) is 7.07. The van der Waals surface area contributed by atoms with Crippen LogP contribution in [0.15, 0.2) is 218 Å². The molecule has 0 radical (unpaired) electrons. The van der Waals surface area contributed by atoms with Crippen LogP contribution in [0.4, 0.5) is 0 Å². The SMILES string of the molecule is c1ccc(-c2cc(-c3cccc(-c4ccc5c(-c6cccc(-c7cc(-c8ccccc8)nc(-c8ccccc8)n7)c6)cccc5c4)c3)nc(-c3ccccc3)n2)cc1. The zero-order valence-electron chi connectivity index (χ0n) is 31.6. The normalized spacial score (nSPS) is 11.1. The summed E-state index contributed by atoms with van der Waals surface area (Å²) in [6, 6.07) is 75.8. The number of rotatable bonds is 8. The maximum Gasteiger partial charge on any atom is 0.160 e. The Hall–Kier alpha value is -7.82. The summed E-state index contributed by atoms with van der Waals surface area (Å²) in [5.74, 6) is 1.41. The van der Waals surface area contributed by atoms with E-state index in [2.05, 4.69) is 146 Å². The van der Waals surface area contributed by atoms with Crippen molar-refractivity contribution in [2.45, 2.75) is 0 Å². The van der Waals surface area contributed by atoms with Crippen LogP contribution >= 0.6 is 0 Å². The molecule has 0 aliphatic heterocycles. The molecule has 4 heteroatoms. The summed E-state index contributed by atoms with van der Waals surface area (Å²) >= 11 is 0. The molecule has 0 N–H and O–H groups in total. The summed E-state index contributed by atoms with van der Waals surface area (Å²) in [7, 11) is 0. The van der Waals surface area contributed by atoms with E-state index in [4.69, 9.17) is 19.9 Å². The highest BCUT2D eigenvalue weighted by Crippen LogP contribution is 2.36. The molecule has 0 spiro atoms.